The van der Waals surface area contributed by atoms with Crippen molar-refractivity contribution in [2.75, 3.05) is 24.0 Å². The van der Waals surface area contributed by atoms with E-state index in [0.29, 0.717) is 0 Å². The van der Waals surface area contributed by atoms with Crippen LogP contribution in [-0.4, -0.2) is 99.7 Å². The molecule has 0 saturated heterocycles. The van der Waals surface area contributed by atoms with Gasteiger partial charge in [0.2, 0.25) is 0 Å². The van der Waals surface area contributed by atoms with Crippen LogP contribution in [0, 0.1) is 0 Å². The Morgan fingerprint density at radius 2 is 0.892 bits per heavy atom. The van der Waals surface area contributed by atoms with Crippen LogP contribution in [0.4, 0.5) is 43.9 Å². The molecule has 20 heteroatoms. The first-order valence-corrected chi connectivity index (χ1v) is 12.3. The Labute approximate surface area is 210 Å². The molecule has 0 unspecified atom stereocenters. The Balaban J connectivity index is 6.22. The molecule has 0 fully saturated rings. The van der Waals surface area contributed by atoms with E-state index in [4.69, 9.17) is 10.2 Å². The van der Waals surface area contributed by atoms with Crippen molar-refractivity contribution in [1.82, 2.24) is 10.6 Å². The van der Waals surface area contributed by atoms with E-state index >= 15 is 0 Å². The molecule has 2 amide bonds. The Bertz CT molecular complexity index is 796. The highest BCUT2D eigenvalue weighted by molar-refractivity contribution is 7.98. The van der Waals surface area contributed by atoms with Crippen molar-refractivity contribution in [3.8, 4) is 0 Å². The minimum atomic E-state index is -7.82. The maximum absolute atomic E-state index is 14.0. The lowest BCUT2D eigenvalue weighted by atomic mass is 9.93. The summed E-state index contributed by atoms with van der Waals surface area (Å²) in [5.74, 6) is -48.5. The predicted molar refractivity (Wildman–Crippen MR) is 110 cm³/mol. The monoisotopic (exact) mass is 602 g/mol. The van der Waals surface area contributed by atoms with Gasteiger partial charge in [-0.05, 0) is 36.9 Å². The lowest BCUT2D eigenvalue weighted by Gasteiger charge is -2.38. The average molecular weight is 602 g/mol. The SMILES string of the molecule is CSCC[C@@H](NC(=O)C(F)(F)C(F)(F)C(F)(F)C(F)(F)C(F)(F)C(=O)N[C@H](CCSC)C(=O)O)C(=O)O. The molecule has 0 aliphatic carbocycles. The minimum Gasteiger partial charge on any atom is -0.480 e. The van der Waals surface area contributed by atoms with Gasteiger partial charge in [0.15, 0.2) is 0 Å². The molecule has 0 spiro atoms. The van der Waals surface area contributed by atoms with Gasteiger partial charge < -0.3 is 20.8 Å². The molecular weight excluding hydrogens is 582 g/mol. The molecule has 0 aliphatic heterocycles. The van der Waals surface area contributed by atoms with Gasteiger partial charge in [0, 0.05) is 0 Å². The maximum atomic E-state index is 14.0. The van der Waals surface area contributed by atoms with Gasteiger partial charge in [0.1, 0.15) is 12.1 Å². The second-order valence-corrected chi connectivity index (χ2v) is 9.13. The molecule has 4 N–H and O–H groups in total. The number of rotatable bonds is 16. The van der Waals surface area contributed by atoms with Crippen molar-refractivity contribution in [2.24, 2.45) is 0 Å². The summed E-state index contributed by atoms with van der Waals surface area (Å²) < 4.78 is 140. The normalized spacial score (nSPS) is 15.0. The third-order valence-electron chi connectivity index (χ3n) is 4.58. The van der Waals surface area contributed by atoms with Crippen molar-refractivity contribution >= 4 is 47.3 Å². The summed E-state index contributed by atoms with van der Waals surface area (Å²) in [6.45, 7) is 0. The molecule has 0 heterocycles. The first kappa shape index (κ1) is 34.9. The van der Waals surface area contributed by atoms with E-state index in [0.717, 1.165) is 34.2 Å². The smallest absolute Gasteiger partial charge is 0.392 e. The molecule has 37 heavy (non-hydrogen) atoms. The topological polar surface area (TPSA) is 133 Å². The largest absolute Gasteiger partial charge is 0.480 e. The van der Waals surface area contributed by atoms with E-state index in [9.17, 15) is 63.1 Å². The zero-order valence-electron chi connectivity index (χ0n) is 18.6. The van der Waals surface area contributed by atoms with Gasteiger partial charge in [0.05, 0.1) is 0 Å². The molecule has 0 radical (unpaired) electrons. The molecule has 0 bridgehead atoms. The number of carbonyl (C=O) groups is 4. The Morgan fingerprint density at radius 1 is 0.622 bits per heavy atom. The van der Waals surface area contributed by atoms with Gasteiger partial charge in [-0.2, -0.15) is 67.4 Å². The second kappa shape index (κ2) is 12.6. The van der Waals surface area contributed by atoms with E-state index in [1.165, 1.54) is 12.5 Å². The van der Waals surface area contributed by atoms with Crippen molar-refractivity contribution in [3.05, 3.63) is 0 Å². The molecule has 0 aromatic rings. The van der Waals surface area contributed by atoms with Gasteiger partial charge in [-0.25, -0.2) is 9.59 Å². The van der Waals surface area contributed by atoms with Crippen LogP contribution in [0.25, 0.3) is 0 Å². The zero-order valence-corrected chi connectivity index (χ0v) is 20.2. The highest BCUT2D eigenvalue weighted by atomic mass is 32.2. The van der Waals surface area contributed by atoms with Crippen LogP contribution in [0.3, 0.4) is 0 Å². The molecular formula is C17H20F10N2O6S2. The van der Waals surface area contributed by atoms with Crippen LogP contribution in [0.1, 0.15) is 12.8 Å². The number of aliphatic carboxylic acids is 2. The van der Waals surface area contributed by atoms with Crippen LogP contribution in [0.2, 0.25) is 0 Å². The summed E-state index contributed by atoms with van der Waals surface area (Å²) in [4.78, 5) is 45.0. The number of thioether (sulfide) groups is 2. The number of nitrogens with one attached hydrogen (secondary N) is 2. The lowest BCUT2D eigenvalue weighted by molar-refractivity contribution is -0.388. The average Bonchev–Trinajstić information content (AvgIpc) is 2.77. The number of amides is 2. The molecule has 0 saturated carbocycles. The van der Waals surface area contributed by atoms with Crippen LogP contribution in [-0.2, 0) is 19.2 Å². The van der Waals surface area contributed by atoms with Gasteiger partial charge in [-0.1, -0.05) is 0 Å². The predicted octanol–water partition coefficient (Wildman–Crippen LogP) is 2.81. The number of carboxylic acid groups (broad SMARTS) is 2. The first-order valence-electron chi connectivity index (χ1n) is 9.52. The quantitative estimate of drug-likeness (QED) is 0.199. The van der Waals surface area contributed by atoms with Crippen LogP contribution in [0.5, 0.6) is 0 Å². The summed E-state index contributed by atoms with van der Waals surface area (Å²) in [6.07, 6.45) is 1.31. The van der Waals surface area contributed by atoms with Gasteiger partial charge >= 0.3 is 41.6 Å². The van der Waals surface area contributed by atoms with E-state index in [-0.39, 0.29) is 11.5 Å². The number of halogens is 10. The van der Waals surface area contributed by atoms with E-state index < -0.39 is 78.3 Å². The molecule has 0 aromatic heterocycles. The fraction of sp³-hybridized carbons (Fsp3) is 0.765. The molecule has 0 rings (SSSR count). The van der Waals surface area contributed by atoms with Gasteiger partial charge in [0.25, 0.3) is 11.8 Å². The third kappa shape index (κ3) is 7.05. The number of hydrogen-bond acceptors (Lipinski definition) is 6. The summed E-state index contributed by atoms with van der Waals surface area (Å²) >= 11 is 1.76. The first-order chi connectivity index (χ1) is 16.6. The number of carboxylic acids is 2. The van der Waals surface area contributed by atoms with E-state index in [1.54, 1.807) is 0 Å². The van der Waals surface area contributed by atoms with Crippen LogP contribution >= 0.6 is 23.5 Å². The van der Waals surface area contributed by atoms with Crippen LogP contribution in [0.15, 0.2) is 0 Å². The fourth-order valence-electron chi connectivity index (χ4n) is 2.36. The van der Waals surface area contributed by atoms with Crippen molar-refractivity contribution in [3.63, 3.8) is 0 Å². The Morgan fingerprint density at radius 3 is 1.11 bits per heavy atom. The Kier molecular flexibility index (Phi) is 11.9. The number of alkyl halides is 10. The summed E-state index contributed by atoms with van der Waals surface area (Å²) in [5.41, 5.74) is 0. The number of hydrogen-bond donors (Lipinski definition) is 4. The molecule has 0 aromatic carbocycles. The fourth-order valence-corrected chi connectivity index (χ4v) is 3.30. The summed E-state index contributed by atoms with van der Waals surface area (Å²) in [5, 5.41) is 19.1. The zero-order chi connectivity index (χ0) is 29.6. The lowest BCUT2D eigenvalue weighted by Crippen LogP contribution is -2.72. The van der Waals surface area contributed by atoms with Gasteiger partial charge in [-0.3, -0.25) is 9.59 Å². The van der Waals surface area contributed by atoms with Crippen molar-refractivity contribution in [2.45, 2.75) is 54.5 Å². The standard InChI is InChI=1S/C17H20F10N2O6S2/c1-36-5-3-7(9(30)31)28-11(34)13(18,19)15(22,23)17(26,27)16(24,25)14(20,21)12(35)29-8(10(32)33)4-6-37-2/h7-8H,3-6H2,1-2H3,(H,28,34)(H,29,35)(H,30,31)(H,32,33)/t7-,8-/m1/s1. The van der Waals surface area contributed by atoms with Crippen molar-refractivity contribution in [1.29, 1.82) is 0 Å². The summed E-state index contributed by atoms with van der Waals surface area (Å²) in [6, 6.07) is -4.76. The highest BCUT2D eigenvalue weighted by Crippen LogP contribution is 2.57. The minimum absolute atomic E-state index is 0.191. The third-order valence-corrected chi connectivity index (χ3v) is 5.86. The molecule has 2 atom stereocenters. The van der Waals surface area contributed by atoms with Crippen LogP contribution < -0.4 is 10.6 Å². The maximum Gasteiger partial charge on any atom is 0.392 e. The van der Waals surface area contributed by atoms with Gasteiger partial charge in [-0.15, -0.1) is 0 Å². The van der Waals surface area contributed by atoms with E-state index in [2.05, 4.69) is 0 Å². The molecule has 8 nitrogen and oxygen atoms in total. The molecule has 0 aliphatic rings. The van der Waals surface area contributed by atoms with Crippen molar-refractivity contribution < 1.29 is 73.3 Å². The molecule has 216 valence electrons. The highest BCUT2D eigenvalue weighted by Gasteiger charge is 2.89. The summed E-state index contributed by atoms with van der Waals surface area (Å²) in [7, 11) is 0. The second-order valence-electron chi connectivity index (χ2n) is 7.16. The number of carbonyl (C=O) groups excluding carboxylic acids is 2. The van der Waals surface area contributed by atoms with E-state index in [1.807, 2.05) is 0 Å². The Hall–Kier alpha value is -2.12.